The lowest BCUT2D eigenvalue weighted by molar-refractivity contribution is -0.119. The molecule has 4 nitrogen and oxygen atoms in total. The van der Waals surface area contributed by atoms with E-state index in [2.05, 4.69) is 24.0 Å². The van der Waals surface area contributed by atoms with Crippen LogP contribution in [0.2, 0.25) is 0 Å². The minimum absolute atomic E-state index is 0.152. The third-order valence-corrected chi connectivity index (χ3v) is 5.95. The summed E-state index contributed by atoms with van der Waals surface area (Å²) in [7, 11) is 0. The van der Waals surface area contributed by atoms with Crippen LogP contribution in [0.1, 0.15) is 13.3 Å². The number of fused-ring (bicyclic) bond motifs is 2. The molecule has 0 radical (unpaired) electrons. The molecule has 130 valence electrons. The van der Waals surface area contributed by atoms with Gasteiger partial charge >= 0.3 is 0 Å². The van der Waals surface area contributed by atoms with E-state index in [9.17, 15) is 4.79 Å². The minimum Gasteiger partial charge on any atom is -0.379 e. The third-order valence-electron chi connectivity index (χ3n) is 4.82. The van der Waals surface area contributed by atoms with Gasteiger partial charge in [0.2, 0.25) is 5.91 Å². The van der Waals surface area contributed by atoms with E-state index in [0.29, 0.717) is 6.42 Å². The number of carbonyl (C=O) groups excluding carboxylic acids is 1. The summed E-state index contributed by atoms with van der Waals surface area (Å²) in [5, 5.41) is 0. The lowest BCUT2D eigenvalue weighted by atomic mass is 10.1. The highest BCUT2D eigenvalue weighted by Gasteiger charge is 2.29. The summed E-state index contributed by atoms with van der Waals surface area (Å²) in [6.07, 6.45) is 0.507. The molecule has 0 N–H and O–H groups in total. The molecule has 0 saturated carbocycles. The van der Waals surface area contributed by atoms with E-state index in [-0.39, 0.29) is 11.9 Å². The Morgan fingerprint density at radius 1 is 1.04 bits per heavy atom. The zero-order valence-electron chi connectivity index (χ0n) is 14.4. The average Bonchev–Trinajstić information content (AvgIpc) is 2.66. The highest BCUT2D eigenvalue weighted by Crippen LogP contribution is 2.48. The molecule has 2 aromatic rings. The molecule has 2 heterocycles. The summed E-state index contributed by atoms with van der Waals surface area (Å²) in [5.74, 6) is 0.152. The maximum Gasteiger partial charge on any atom is 0.233 e. The Balaban J connectivity index is 1.61. The van der Waals surface area contributed by atoms with Crippen molar-refractivity contribution in [3.05, 3.63) is 48.5 Å². The number of ether oxygens (including phenoxy) is 1. The molecule has 0 aliphatic carbocycles. The smallest absolute Gasteiger partial charge is 0.233 e. The number of nitrogens with zero attached hydrogens (tertiary/aromatic N) is 2. The van der Waals surface area contributed by atoms with Gasteiger partial charge in [-0.3, -0.25) is 14.6 Å². The highest BCUT2D eigenvalue weighted by atomic mass is 32.2. The van der Waals surface area contributed by atoms with Crippen LogP contribution in [-0.4, -0.2) is 43.2 Å². The van der Waals surface area contributed by atoms with E-state index in [1.54, 1.807) is 11.8 Å². The third kappa shape index (κ3) is 3.32. The van der Waals surface area contributed by atoms with Gasteiger partial charge in [-0.05, 0) is 31.2 Å². The zero-order chi connectivity index (χ0) is 17.2. The number of anilines is 2. The van der Waals surface area contributed by atoms with Crippen LogP contribution in [0.25, 0.3) is 0 Å². The fraction of sp³-hybridized carbons (Fsp3) is 0.350. The number of para-hydroxylation sites is 2. The molecule has 1 fully saturated rings. The predicted molar refractivity (Wildman–Crippen MR) is 101 cm³/mol. The molecule has 1 atom stereocenters. The SMILES string of the molecule is C[C@H](CC(=O)N1c2ccccc2Sc2ccccc21)N1CCOCC1. The minimum atomic E-state index is 0.152. The fourth-order valence-corrected chi connectivity index (χ4v) is 4.52. The predicted octanol–water partition coefficient (Wildman–Crippen LogP) is 3.93. The molecule has 25 heavy (non-hydrogen) atoms. The van der Waals surface area contributed by atoms with E-state index >= 15 is 0 Å². The Morgan fingerprint density at radius 2 is 1.60 bits per heavy atom. The number of hydrogen-bond acceptors (Lipinski definition) is 4. The van der Waals surface area contributed by atoms with Crippen LogP contribution in [-0.2, 0) is 9.53 Å². The fourth-order valence-electron chi connectivity index (χ4n) is 3.46. The molecular formula is C20H22N2O2S. The summed E-state index contributed by atoms with van der Waals surface area (Å²) in [6, 6.07) is 16.5. The van der Waals surface area contributed by atoms with Gasteiger partial charge in [-0.2, -0.15) is 0 Å². The summed E-state index contributed by atoms with van der Waals surface area (Å²) >= 11 is 1.73. The van der Waals surface area contributed by atoms with E-state index in [1.807, 2.05) is 41.3 Å². The number of rotatable bonds is 3. The topological polar surface area (TPSA) is 32.8 Å². The van der Waals surface area contributed by atoms with Crippen molar-refractivity contribution in [2.75, 3.05) is 31.2 Å². The maximum atomic E-state index is 13.2. The lowest BCUT2D eigenvalue weighted by Crippen LogP contribution is -2.44. The van der Waals surface area contributed by atoms with Gasteiger partial charge in [-0.25, -0.2) is 0 Å². The van der Waals surface area contributed by atoms with E-state index in [4.69, 9.17) is 4.74 Å². The number of hydrogen-bond donors (Lipinski definition) is 0. The monoisotopic (exact) mass is 354 g/mol. The van der Waals surface area contributed by atoms with E-state index in [1.165, 1.54) is 0 Å². The van der Waals surface area contributed by atoms with Gasteiger partial charge in [0.1, 0.15) is 0 Å². The first-order valence-electron chi connectivity index (χ1n) is 8.75. The second kappa shape index (κ2) is 7.20. The summed E-state index contributed by atoms with van der Waals surface area (Å²) < 4.78 is 5.42. The quantitative estimate of drug-likeness (QED) is 0.836. The molecule has 4 rings (SSSR count). The molecule has 2 aliphatic heterocycles. The van der Waals surface area contributed by atoms with Gasteiger partial charge in [0.15, 0.2) is 0 Å². The second-order valence-electron chi connectivity index (χ2n) is 6.47. The largest absolute Gasteiger partial charge is 0.379 e. The Labute approximate surface area is 152 Å². The Morgan fingerprint density at radius 3 is 2.20 bits per heavy atom. The average molecular weight is 354 g/mol. The molecule has 1 amide bonds. The van der Waals surface area contributed by atoms with Crippen molar-refractivity contribution < 1.29 is 9.53 Å². The van der Waals surface area contributed by atoms with Gasteiger partial charge in [-0.1, -0.05) is 36.0 Å². The number of benzene rings is 2. The van der Waals surface area contributed by atoms with E-state index < -0.39 is 0 Å². The first-order chi connectivity index (χ1) is 12.2. The molecule has 0 spiro atoms. The zero-order valence-corrected chi connectivity index (χ0v) is 15.2. The van der Waals surface area contributed by atoms with Crippen molar-refractivity contribution in [3.63, 3.8) is 0 Å². The van der Waals surface area contributed by atoms with Gasteiger partial charge < -0.3 is 4.74 Å². The standard InChI is InChI=1S/C20H22N2O2S/c1-15(21-10-12-24-13-11-21)14-20(23)22-16-6-2-4-8-18(16)25-19-9-5-3-7-17(19)22/h2-9,15H,10-14H2,1H3/t15-/m1/s1. The van der Waals surface area contributed by atoms with Crippen molar-refractivity contribution in [1.82, 2.24) is 4.90 Å². The Hall–Kier alpha value is -1.82. The molecule has 0 bridgehead atoms. The summed E-state index contributed by atoms with van der Waals surface area (Å²) in [5.41, 5.74) is 1.98. The van der Waals surface area contributed by atoms with E-state index in [0.717, 1.165) is 47.5 Å². The van der Waals surface area contributed by atoms with Crippen LogP contribution >= 0.6 is 11.8 Å². The Kier molecular flexibility index (Phi) is 4.79. The van der Waals surface area contributed by atoms with Crippen molar-refractivity contribution >= 4 is 29.0 Å². The maximum absolute atomic E-state index is 13.2. The molecule has 1 saturated heterocycles. The van der Waals surface area contributed by atoms with Crippen molar-refractivity contribution in [2.24, 2.45) is 0 Å². The van der Waals surface area contributed by atoms with Gasteiger partial charge in [0, 0.05) is 35.3 Å². The molecule has 2 aliphatic rings. The number of carbonyl (C=O) groups is 1. The molecule has 5 heteroatoms. The van der Waals surface area contributed by atoms with Crippen LogP contribution in [0.15, 0.2) is 58.3 Å². The molecule has 0 unspecified atom stereocenters. The van der Waals surface area contributed by atoms with Gasteiger partial charge in [-0.15, -0.1) is 0 Å². The lowest BCUT2D eigenvalue weighted by Gasteiger charge is -2.35. The molecule has 2 aromatic carbocycles. The second-order valence-corrected chi connectivity index (χ2v) is 7.55. The van der Waals surface area contributed by atoms with Crippen molar-refractivity contribution in [3.8, 4) is 0 Å². The summed E-state index contributed by atoms with van der Waals surface area (Å²) in [4.78, 5) is 19.7. The van der Waals surface area contributed by atoms with Crippen LogP contribution in [0.4, 0.5) is 11.4 Å². The number of amides is 1. The molecular weight excluding hydrogens is 332 g/mol. The number of morpholine rings is 1. The first-order valence-corrected chi connectivity index (χ1v) is 9.56. The highest BCUT2D eigenvalue weighted by molar-refractivity contribution is 7.99. The normalized spacial score (nSPS) is 18.4. The van der Waals surface area contributed by atoms with Crippen LogP contribution < -0.4 is 4.90 Å². The van der Waals surface area contributed by atoms with Gasteiger partial charge in [0.05, 0.1) is 24.6 Å². The van der Waals surface area contributed by atoms with Crippen molar-refractivity contribution in [2.45, 2.75) is 29.2 Å². The van der Waals surface area contributed by atoms with Crippen LogP contribution in [0.5, 0.6) is 0 Å². The van der Waals surface area contributed by atoms with Crippen LogP contribution in [0.3, 0.4) is 0 Å². The Bertz CT molecular complexity index is 728. The van der Waals surface area contributed by atoms with Crippen LogP contribution in [0, 0.1) is 0 Å². The first kappa shape index (κ1) is 16.6. The summed E-state index contributed by atoms with van der Waals surface area (Å²) in [6.45, 7) is 5.45. The van der Waals surface area contributed by atoms with Gasteiger partial charge in [0.25, 0.3) is 0 Å². The molecule has 0 aromatic heterocycles. The van der Waals surface area contributed by atoms with Crippen molar-refractivity contribution in [1.29, 1.82) is 0 Å².